The van der Waals surface area contributed by atoms with Gasteiger partial charge in [0.2, 0.25) is 11.8 Å². The van der Waals surface area contributed by atoms with E-state index < -0.39 is 11.7 Å². The first-order valence-corrected chi connectivity index (χ1v) is 9.53. The van der Waals surface area contributed by atoms with Gasteiger partial charge in [-0.3, -0.25) is 14.5 Å². The van der Waals surface area contributed by atoms with Crippen LogP contribution in [0, 0.1) is 0 Å². The summed E-state index contributed by atoms with van der Waals surface area (Å²) in [6.07, 6.45) is -4.37. The lowest BCUT2D eigenvalue weighted by Gasteiger charge is -2.36. The molecule has 0 bridgehead atoms. The summed E-state index contributed by atoms with van der Waals surface area (Å²) in [4.78, 5) is 27.3. The molecule has 0 aliphatic carbocycles. The zero-order valence-electron chi connectivity index (χ0n) is 16.5. The summed E-state index contributed by atoms with van der Waals surface area (Å²) < 4.78 is 38.7. The van der Waals surface area contributed by atoms with Crippen molar-refractivity contribution in [2.75, 3.05) is 48.3 Å². The normalized spacial score (nSPS) is 15.0. The van der Waals surface area contributed by atoms with Crippen LogP contribution >= 0.6 is 0 Å². The quantitative estimate of drug-likeness (QED) is 0.778. The van der Waals surface area contributed by atoms with Crippen LogP contribution in [0.15, 0.2) is 48.5 Å². The molecule has 0 saturated carbocycles. The Morgan fingerprint density at radius 3 is 2.20 bits per heavy atom. The number of carbonyl (C=O) groups is 2. The zero-order valence-corrected chi connectivity index (χ0v) is 16.5. The van der Waals surface area contributed by atoms with Gasteiger partial charge in [-0.05, 0) is 36.4 Å². The lowest BCUT2D eigenvalue weighted by Crippen LogP contribution is -2.48. The molecule has 1 aliphatic rings. The summed E-state index contributed by atoms with van der Waals surface area (Å²) in [6, 6.07) is 12.2. The van der Waals surface area contributed by atoms with Gasteiger partial charge in [0.25, 0.3) is 0 Å². The van der Waals surface area contributed by atoms with Crippen molar-refractivity contribution in [3.05, 3.63) is 54.1 Å². The molecular weight excluding hydrogens is 397 g/mol. The second-order valence-corrected chi connectivity index (χ2v) is 7.12. The Kier molecular flexibility index (Phi) is 6.61. The fraction of sp³-hybridized carbons (Fsp3) is 0.333. The van der Waals surface area contributed by atoms with Crippen molar-refractivity contribution in [1.82, 2.24) is 4.90 Å². The number of hydrogen-bond donors (Lipinski definition) is 2. The Bertz CT molecular complexity index is 909. The van der Waals surface area contributed by atoms with Gasteiger partial charge in [-0.25, -0.2) is 0 Å². The molecule has 2 N–H and O–H groups in total. The smallest absolute Gasteiger partial charge is 0.369 e. The number of amides is 2. The Balaban J connectivity index is 1.51. The highest BCUT2D eigenvalue weighted by molar-refractivity contribution is 5.94. The Morgan fingerprint density at radius 2 is 1.57 bits per heavy atom. The molecular formula is C21H23F3N4O2. The molecule has 2 amide bonds. The number of halogens is 3. The maximum absolute atomic E-state index is 12.9. The summed E-state index contributed by atoms with van der Waals surface area (Å²) in [6.45, 7) is 3.79. The van der Waals surface area contributed by atoms with E-state index in [9.17, 15) is 22.8 Å². The summed E-state index contributed by atoms with van der Waals surface area (Å²) in [5.74, 6) is -0.389. The minimum absolute atomic E-state index is 0.181. The molecule has 2 aromatic rings. The van der Waals surface area contributed by atoms with Crippen molar-refractivity contribution in [2.24, 2.45) is 0 Å². The van der Waals surface area contributed by atoms with E-state index in [2.05, 4.69) is 10.6 Å². The first-order valence-electron chi connectivity index (χ1n) is 9.53. The molecule has 3 rings (SSSR count). The summed E-state index contributed by atoms with van der Waals surface area (Å²) >= 11 is 0. The van der Waals surface area contributed by atoms with Crippen LogP contribution in [0.25, 0.3) is 0 Å². The van der Waals surface area contributed by atoms with Gasteiger partial charge in [0.15, 0.2) is 0 Å². The Hall–Kier alpha value is -3.07. The van der Waals surface area contributed by atoms with Gasteiger partial charge in [0.1, 0.15) is 0 Å². The van der Waals surface area contributed by atoms with E-state index in [0.717, 1.165) is 12.1 Å². The largest absolute Gasteiger partial charge is 0.416 e. The highest BCUT2D eigenvalue weighted by Gasteiger charge is 2.31. The minimum Gasteiger partial charge on any atom is -0.369 e. The minimum atomic E-state index is -4.37. The maximum Gasteiger partial charge on any atom is 0.416 e. The molecule has 2 aromatic carbocycles. The number of nitrogens with one attached hydrogen (secondary N) is 2. The average molecular weight is 420 g/mol. The van der Waals surface area contributed by atoms with Gasteiger partial charge in [0, 0.05) is 50.2 Å². The van der Waals surface area contributed by atoms with Crippen molar-refractivity contribution in [3.8, 4) is 0 Å². The fourth-order valence-corrected chi connectivity index (χ4v) is 3.32. The highest BCUT2D eigenvalue weighted by atomic mass is 19.4. The third kappa shape index (κ3) is 5.96. The Labute approximate surface area is 172 Å². The van der Waals surface area contributed by atoms with E-state index in [-0.39, 0.29) is 18.4 Å². The molecule has 1 aliphatic heterocycles. The van der Waals surface area contributed by atoms with Crippen molar-refractivity contribution in [1.29, 1.82) is 0 Å². The van der Waals surface area contributed by atoms with Gasteiger partial charge in [-0.15, -0.1) is 0 Å². The van der Waals surface area contributed by atoms with E-state index in [0.29, 0.717) is 43.2 Å². The number of benzene rings is 2. The first kappa shape index (κ1) is 21.6. The molecule has 1 saturated heterocycles. The van der Waals surface area contributed by atoms with Gasteiger partial charge in [-0.1, -0.05) is 12.1 Å². The van der Waals surface area contributed by atoms with E-state index in [1.807, 2.05) is 9.80 Å². The zero-order chi connectivity index (χ0) is 21.7. The molecule has 0 radical (unpaired) electrons. The van der Waals surface area contributed by atoms with Crippen LogP contribution in [-0.2, 0) is 15.8 Å². The van der Waals surface area contributed by atoms with Crippen LogP contribution in [0.1, 0.15) is 12.5 Å². The van der Waals surface area contributed by atoms with E-state index in [1.54, 1.807) is 30.3 Å². The second-order valence-electron chi connectivity index (χ2n) is 7.12. The Morgan fingerprint density at radius 1 is 0.933 bits per heavy atom. The molecule has 1 fully saturated rings. The first-order chi connectivity index (χ1) is 14.2. The molecule has 6 nitrogen and oxygen atoms in total. The van der Waals surface area contributed by atoms with E-state index in [1.165, 1.54) is 13.0 Å². The van der Waals surface area contributed by atoms with Crippen LogP contribution in [-0.4, -0.2) is 49.4 Å². The third-order valence-electron chi connectivity index (χ3n) is 4.74. The van der Waals surface area contributed by atoms with Crippen molar-refractivity contribution in [3.63, 3.8) is 0 Å². The molecule has 0 aromatic heterocycles. The molecule has 160 valence electrons. The number of carbonyl (C=O) groups excluding carboxylic acids is 2. The predicted octanol–water partition coefficient (Wildman–Crippen LogP) is 3.42. The van der Waals surface area contributed by atoms with Gasteiger partial charge in [-0.2, -0.15) is 13.2 Å². The van der Waals surface area contributed by atoms with Crippen molar-refractivity contribution < 1.29 is 22.8 Å². The van der Waals surface area contributed by atoms with Crippen LogP contribution in [0.2, 0.25) is 0 Å². The van der Waals surface area contributed by atoms with Crippen LogP contribution < -0.4 is 15.5 Å². The van der Waals surface area contributed by atoms with Crippen LogP contribution in [0.5, 0.6) is 0 Å². The van der Waals surface area contributed by atoms with Crippen molar-refractivity contribution >= 4 is 28.9 Å². The van der Waals surface area contributed by atoms with E-state index >= 15 is 0 Å². The van der Waals surface area contributed by atoms with Gasteiger partial charge < -0.3 is 15.5 Å². The van der Waals surface area contributed by atoms with Gasteiger partial charge >= 0.3 is 6.18 Å². The topological polar surface area (TPSA) is 64.7 Å². The number of anilines is 3. The average Bonchev–Trinajstić information content (AvgIpc) is 2.68. The maximum atomic E-state index is 12.9. The molecule has 1 heterocycles. The van der Waals surface area contributed by atoms with Gasteiger partial charge in [0.05, 0.1) is 12.1 Å². The van der Waals surface area contributed by atoms with E-state index in [4.69, 9.17) is 0 Å². The summed E-state index contributed by atoms with van der Waals surface area (Å²) in [5.41, 5.74) is 1.04. The van der Waals surface area contributed by atoms with Crippen molar-refractivity contribution in [2.45, 2.75) is 13.1 Å². The molecule has 0 unspecified atom stereocenters. The lowest BCUT2D eigenvalue weighted by atomic mass is 10.1. The SMILES string of the molecule is CC(=O)Nc1cccc(NC(=O)CN2CCN(c3cccc(C(F)(F)F)c3)CC2)c1. The number of hydrogen-bond acceptors (Lipinski definition) is 4. The number of piperazine rings is 1. The predicted molar refractivity (Wildman–Crippen MR) is 109 cm³/mol. The monoisotopic (exact) mass is 420 g/mol. The molecule has 30 heavy (non-hydrogen) atoms. The number of rotatable bonds is 5. The third-order valence-corrected chi connectivity index (χ3v) is 4.74. The second kappa shape index (κ2) is 9.17. The lowest BCUT2D eigenvalue weighted by molar-refractivity contribution is -0.137. The molecule has 0 atom stereocenters. The number of nitrogens with zero attached hydrogens (tertiary/aromatic N) is 2. The molecule has 0 spiro atoms. The highest BCUT2D eigenvalue weighted by Crippen LogP contribution is 2.31. The van der Waals surface area contributed by atoms with Crippen LogP contribution in [0.4, 0.5) is 30.2 Å². The standard InChI is InChI=1S/C21H23F3N4O2/c1-15(29)25-17-5-3-6-18(13-17)26-20(30)14-27-8-10-28(11-9-27)19-7-2-4-16(12-19)21(22,23)24/h2-7,12-13H,8-11,14H2,1H3,(H,25,29)(H,26,30). The summed E-state index contributed by atoms with van der Waals surface area (Å²) in [5, 5.41) is 5.46. The van der Waals surface area contributed by atoms with Crippen LogP contribution in [0.3, 0.4) is 0 Å². The molecule has 9 heteroatoms. The fourth-order valence-electron chi connectivity index (χ4n) is 3.32. The summed E-state index contributed by atoms with van der Waals surface area (Å²) in [7, 11) is 0. The number of alkyl halides is 3.